The molecular formula is C9H19BaNO5. The van der Waals surface area contributed by atoms with Crippen molar-refractivity contribution in [2.45, 2.75) is 26.4 Å². The SMILES string of the molecule is CC(C)(CO)[C@@H](O)C(=O)NCCC(=O)O.[BaH2]. The van der Waals surface area contributed by atoms with Crippen molar-refractivity contribution in [1.29, 1.82) is 0 Å². The molecule has 7 heteroatoms. The Morgan fingerprint density at radius 2 is 1.88 bits per heavy atom. The van der Waals surface area contributed by atoms with Gasteiger partial charge in [0.15, 0.2) is 0 Å². The average Bonchev–Trinajstić information content (AvgIpc) is 2.15. The van der Waals surface area contributed by atoms with Gasteiger partial charge in [0.2, 0.25) is 5.91 Å². The second kappa shape index (κ2) is 8.51. The van der Waals surface area contributed by atoms with Crippen LogP contribution in [0.3, 0.4) is 0 Å². The summed E-state index contributed by atoms with van der Waals surface area (Å²) in [6, 6.07) is 0. The molecule has 0 rings (SSSR count). The van der Waals surface area contributed by atoms with Gasteiger partial charge in [-0.25, -0.2) is 0 Å². The third kappa shape index (κ3) is 6.90. The van der Waals surface area contributed by atoms with E-state index in [9.17, 15) is 14.7 Å². The number of hydrogen-bond acceptors (Lipinski definition) is 4. The maximum atomic E-state index is 11.3. The summed E-state index contributed by atoms with van der Waals surface area (Å²) in [5.74, 6) is -1.69. The van der Waals surface area contributed by atoms with Crippen molar-refractivity contribution < 1.29 is 24.9 Å². The summed E-state index contributed by atoms with van der Waals surface area (Å²) in [7, 11) is 0. The molecule has 0 aliphatic rings. The van der Waals surface area contributed by atoms with E-state index >= 15 is 0 Å². The molecule has 0 aromatic carbocycles. The van der Waals surface area contributed by atoms with Crippen LogP contribution < -0.4 is 5.32 Å². The number of carbonyl (C=O) groups excluding carboxylic acids is 1. The van der Waals surface area contributed by atoms with Crippen LogP contribution in [-0.4, -0.2) is 95.3 Å². The summed E-state index contributed by atoms with van der Waals surface area (Å²) in [5.41, 5.74) is -0.937. The van der Waals surface area contributed by atoms with E-state index < -0.39 is 23.4 Å². The van der Waals surface area contributed by atoms with Gasteiger partial charge in [-0.2, -0.15) is 0 Å². The zero-order valence-corrected chi connectivity index (χ0v) is 8.86. The van der Waals surface area contributed by atoms with Gasteiger partial charge in [-0.1, -0.05) is 13.8 Å². The molecule has 0 aromatic rings. The van der Waals surface area contributed by atoms with Gasteiger partial charge < -0.3 is 20.6 Å². The number of hydrogen-bond donors (Lipinski definition) is 4. The van der Waals surface area contributed by atoms with Crippen molar-refractivity contribution in [2.75, 3.05) is 13.2 Å². The molecule has 1 atom stereocenters. The fourth-order valence-corrected chi connectivity index (χ4v) is 0.831. The first-order valence-electron chi connectivity index (χ1n) is 4.59. The van der Waals surface area contributed by atoms with Gasteiger partial charge in [-0.3, -0.25) is 9.59 Å². The van der Waals surface area contributed by atoms with Crippen LogP contribution in [0.1, 0.15) is 20.3 Å². The van der Waals surface area contributed by atoms with Gasteiger partial charge >= 0.3 is 54.9 Å². The van der Waals surface area contributed by atoms with Crippen molar-refractivity contribution in [3.8, 4) is 0 Å². The number of aliphatic hydroxyl groups is 2. The van der Waals surface area contributed by atoms with Crippen LogP contribution in [0.4, 0.5) is 0 Å². The van der Waals surface area contributed by atoms with Crippen LogP contribution in [0.5, 0.6) is 0 Å². The number of aliphatic hydroxyl groups excluding tert-OH is 2. The van der Waals surface area contributed by atoms with Crippen molar-refractivity contribution in [3.63, 3.8) is 0 Å². The molecule has 6 nitrogen and oxygen atoms in total. The van der Waals surface area contributed by atoms with Gasteiger partial charge in [-0.05, 0) is 0 Å². The van der Waals surface area contributed by atoms with E-state index in [-0.39, 0.29) is 68.5 Å². The number of carbonyl (C=O) groups is 2. The molecule has 0 aromatic heterocycles. The molecular weight excluding hydrogens is 339 g/mol. The predicted molar refractivity (Wildman–Crippen MR) is 60.7 cm³/mol. The van der Waals surface area contributed by atoms with Crippen molar-refractivity contribution in [2.24, 2.45) is 5.41 Å². The normalized spacial score (nSPS) is 12.5. The Kier molecular flexibility index (Phi) is 9.99. The van der Waals surface area contributed by atoms with Crippen LogP contribution in [0.2, 0.25) is 0 Å². The van der Waals surface area contributed by atoms with Gasteiger partial charge in [0.1, 0.15) is 6.10 Å². The maximum absolute atomic E-state index is 11.3. The van der Waals surface area contributed by atoms with Crippen molar-refractivity contribution >= 4 is 60.8 Å². The Morgan fingerprint density at radius 3 is 2.25 bits per heavy atom. The van der Waals surface area contributed by atoms with E-state index in [2.05, 4.69) is 5.32 Å². The summed E-state index contributed by atoms with van der Waals surface area (Å²) in [6.07, 6.45) is -1.55. The molecule has 0 radical (unpaired) electrons. The van der Waals surface area contributed by atoms with E-state index in [0.29, 0.717) is 0 Å². The fraction of sp³-hybridized carbons (Fsp3) is 0.778. The number of carboxylic acids is 1. The Hall–Kier alpha value is 0.431. The van der Waals surface area contributed by atoms with E-state index in [4.69, 9.17) is 10.2 Å². The monoisotopic (exact) mass is 359 g/mol. The number of amides is 1. The van der Waals surface area contributed by atoms with E-state index in [1.807, 2.05) is 0 Å². The predicted octanol–water partition coefficient (Wildman–Crippen LogP) is -1.96. The molecule has 0 unspecified atom stereocenters. The fourth-order valence-electron chi connectivity index (χ4n) is 0.831. The molecule has 0 aliphatic carbocycles. The Bertz CT molecular complexity index is 244. The molecule has 0 saturated heterocycles. The molecule has 4 N–H and O–H groups in total. The number of aliphatic carboxylic acids is 1. The molecule has 0 fully saturated rings. The Labute approximate surface area is 134 Å². The minimum absolute atomic E-state index is 0. The van der Waals surface area contributed by atoms with Crippen LogP contribution in [0, 0.1) is 5.41 Å². The quantitative estimate of drug-likeness (QED) is 0.413. The molecule has 92 valence electrons. The zero-order valence-electron chi connectivity index (χ0n) is 8.86. The summed E-state index contributed by atoms with van der Waals surface area (Å²) in [6.45, 7) is 2.70. The topological polar surface area (TPSA) is 107 Å². The van der Waals surface area contributed by atoms with Crippen LogP contribution in [0.25, 0.3) is 0 Å². The number of rotatable bonds is 6. The molecule has 16 heavy (non-hydrogen) atoms. The molecule has 0 aliphatic heterocycles. The standard InChI is InChI=1S/C9H17NO5.Ba.2H/c1-9(2,5-11)7(14)8(15)10-4-3-6(12)13;;;/h7,11,14H,3-5H2,1-2H3,(H,10,15)(H,12,13);;;/t7-;;;/m0.../s1. The van der Waals surface area contributed by atoms with Gasteiger partial charge in [0.25, 0.3) is 0 Å². The first-order chi connectivity index (χ1) is 6.81. The van der Waals surface area contributed by atoms with Crippen LogP contribution in [-0.2, 0) is 9.59 Å². The summed E-state index contributed by atoms with van der Waals surface area (Å²) in [5, 5.41) is 29.0. The van der Waals surface area contributed by atoms with Crippen LogP contribution in [0.15, 0.2) is 0 Å². The van der Waals surface area contributed by atoms with Gasteiger partial charge in [-0.15, -0.1) is 0 Å². The van der Waals surface area contributed by atoms with E-state index in [0.717, 1.165) is 0 Å². The summed E-state index contributed by atoms with van der Waals surface area (Å²) >= 11 is 0. The van der Waals surface area contributed by atoms with E-state index in [1.165, 1.54) is 13.8 Å². The minimum atomic E-state index is -1.35. The van der Waals surface area contributed by atoms with Gasteiger partial charge in [0.05, 0.1) is 13.0 Å². The molecule has 0 spiro atoms. The molecule has 1 amide bonds. The number of carboxylic acid groups (broad SMARTS) is 1. The summed E-state index contributed by atoms with van der Waals surface area (Å²) in [4.78, 5) is 21.4. The summed E-state index contributed by atoms with van der Waals surface area (Å²) < 4.78 is 0. The molecule has 0 saturated carbocycles. The molecule has 0 heterocycles. The Morgan fingerprint density at radius 1 is 1.38 bits per heavy atom. The third-order valence-corrected chi connectivity index (χ3v) is 2.03. The van der Waals surface area contributed by atoms with Crippen LogP contribution >= 0.6 is 0 Å². The zero-order chi connectivity index (χ0) is 12.1. The van der Waals surface area contributed by atoms with Gasteiger partial charge in [0, 0.05) is 12.0 Å². The van der Waals surface area contributed by atoms with Crippen molar-refractivity contribution in [3.05, 3.63) is 0 Å². The number of nitrogens with one attached hydrogen (secondary N) is 1. The van der Waals surface area contributed by atoms with E-state index in [1.54, 1.807) is 0 Å². The Balaban J connectivity index is 0. The first kappa shape index (κ1) is 18.8. The first-order valence-corrected chi connectivity index (χ1v) is 4.59. The second-order valence-electron chi connectivity index (χ2n) is 3.98. The third-order valence-electron chi connectivity index (χ3n) is 2.03. The second-order valence-corrected chi connectivity index (χ2v) is 3.98. The average molecular weight is 359 g/mol. The van der Waals surface area contributed by atoms with Crippen molar-refractivity contribution in [1.82, 2.24) is 5.32 Å². The molecule has 0 bridgehead atoms.